The first-order valence-corrected chi connectivity index (χ1v) is 10.0. The molecule has 1 amide bonds. The molecule has 0 aliphatic rings. The monoisotopic (exact) mass is 379 g/mol. The molecule has 0 bridgehead atoms. The van der Waals surface area contributed by atoms with Crippen molar-refractivity contribution in [1.29, 1.82) is 0 Å². The van der Waals surface area contributed by atoms with Gasteiger partial charge in [-0.2, -0.15) is 0 Å². The highest BCUT2D eigenvalue weighted by molar-refractivity contribution is 7.99. The first-order valence-electron chi connectivity index (χ1n) is 9.02. The molecule has 0 saturated heterocycles. The fourth-order valence-electron chi connectivity index (χ4n) is 3.18. The Kier molecular flexibility index (Phi) is 6.01. The number of carbonyl (C=O) groups excluding carboxylic acids is 1. The number of benzene rings is 2. The fraction of sp³-hybridized carbons (Fsp3) is 0.273. The molecule has 0 aliphatic carbocycles. The van der Waals surface area contributed by atoms with Crippen LogP contribution in [0.15, 0.2) is 47.6 Å². The van der Waals surface area contributed by atoms with Crippen molar-refractivity contribution in [2.24, 2.45) is 0 Å². The van der Waals surface area contributed by atoms with Gasteiger partial charge in [0.1, 0.15) is 0 Å². The lowest BCUT2D eigenvalue weighted by Gasteiger charge is -2.12. The Balaban J connectivity index is 1.60. The normalized spacial score (nSPS) is 10.8. The Morgan fingerprint density at radius 2 is 1.74 bits per heavy atom. The van der Waals surface area contributed by atoms with Crippen LogP contribution in [0.25, 0.3) is 0 Å². The predicted octanol–water partition coefficient (Wildman–Crippen LogP) is 4.96. The third-order valence-electron chi connectivity index (χ3n) is 4.46. The zero-order valence-electron chi connectivity index (χ0n) is 16.2. The number of hydrogen-bond donors (Lipinski definition) is 2. The minimum absolute atomic E-state index is 0.0197. The lowest BCUT2D eigenvalue weighted by atomic mass is 10.1. The molecule has 4 nitrogen and oxygen atoms in total. The molecule has 0 spiro atoms. The Hall–Kier alpha value is -2.53. The molecule has 0 fully saturated rings. The van der Waals surface area contributed by atoms with Crippen molar-refractivity contribution in [3.05, 3.63) is 76.1 Å². The summed E-state index contributed by atoms with van der Waals surface area (Å²) in [5, 5.41) is 3.82. The largest absolute Gasteiger partial charge is 0.337 e. The van der Waals surface area contributed by atoms with Gasteiger partial charge < -0.3 is 10.3 Å². The van der Waals surface area contributed by atoms with Crippen molar-refractivity contribution in [1.82, 2.24) is 9.97 Å². The molecule has 2 aromatic carbocycles. The van der Waals surface area contributed by atoms with Crippen LogP contribution in [-0.2, 0) is 11.2 Å². The highest BCUT2D eigenvalue weighted by atomic mass is 32.2. The van der Waals surface area contributed by atoms with Gasteiger partial charge >= 0.3 is 0 Å². The van der Waals surface area contributed by atoms with Crippen molar-refractivity contribution >= 4 is 23.4 Å². The summed E-state index contributed by atoms with van der Waals surface area (Å²) in [6.45, 7) is 8.13. The molecule has 0 radical (unpaired) electrons. The minimum atomic E-state index is -0.0197. The second-order valence-electron chi connectivity index (χ2n) is 6.89. The number of amides is 1. The summed E-state index contributed by atoms with van der Waals surface area (Å²) in [5.41, 5.74) is 7.59. The van der Waals surface area contributed by atoms with E-state index < -0.39 is 0 Å². The van der Waals surface area contributed by atoms with Crippen LogP contribution < -0.4 is 5.32 Å². The number of aromatic nitrogens is 2. The van der Waals surface area contributed by atoms with E-state index in [1.807, 2.05) is 39.0 Å². The van der Waals surface area contributed by atoms with Crippen LogP contribution in [0.4, 0.5) is 5.69 Å². The van der Waals surface area contributed by atoms with Gasteiger partial charge in [-0.1, -0.05) is 59.8 Å². The molecule has 27 heavy (non-hydrogen) atoms. The Morgan fingerprint density at radius 1 is 1.07 bits per heavy atom. The zero-order valence-corrected chi connectivity index (χ0v) is 17.0. The van der Waals surface area contributed by atoms with E-state index in [2.05, 4.69) is 46.5 Å². The van der Waals surface area contributed by atoms with Gasteiger partial charge in [-0.3, -0.25) is 4.79 Å². The number of imidazole rings is 1. The van der Waals surface area contributed by atoms with E-state index in [4.69, 9.17) is 0 Å². The van der Waals surface area contributed by atoms with Gasteiger partial charge in [0.15, 0.2) is 5.16 Å². The molecule has 5 heteroatoms. The van der Waals surface area contributed by atoms with Gasteiger partial charge in [0.2, 0.25) is 5.91 Å². The van der Waals surface area contributed by atoms with Crippen molar-refractivity contribution in [3.63, 3.8) is 0 Å². The third kappa shape index (κ3) is 5.01. The number of nitrogens with zero attached hydrogens (tertiary/aromatic N) is 1. The molecule has 0 aliphatic heterocycles. The topological polar surface area (TPSA) is 57.8 Å². The molecular weight excluding hydrogens is 354 g/mol. The van der Waals surface area contributed by atoms with Gasteiger partial charge in [-0.05, 0) is 44.4 Å². The first-order chi connectivity index (χ1) is 12.9. The Bertz CT molecular complexity index is 924. The zero-order chi connectivity index (χ0) is 19.4. The minimum Gasteiger partial charge on any atom is -0.337 e. The van der Waals surface area contributed by atoms with Crippen LogP contribution in [0.3, 0.4) is 0 Å². The number of aromatic amines is 1. The lowest BCUT2D eigenvalue weighted by molar-refractivity contribution is -0.113. The molecule has 2 N–H and O–H groups in total. The molecule has 0 unspecified atom stereocenters. The second-order valence-corrected chi connectivity index (χ2v) is 7.85. The molecule has 0 atom stereocenters. The fourth-order valence-corrected chi connectivity index (χ4v) is 3.92. The van der Waals surface area contributed by atoms with Gasteiger partial charge in [0.05, 0.1) is 11.4 Å². The van der Waals surface area contributed by atoms with Crippen molar-refractivity contribution in [3.8, 4) is 0 Å². The van der Waals surface area contributed by atoms with Gasteiger partial charge in [-0.25, -0.2) is 4.98 Å². The van der Waals surface area contributed by atoms with Gasteiger partial charge in [0, 0.05) is 17.8 Å². The van der Waals surface area contributed by atoms with E-state index in [1.54, 1.807) is 0 Å². The van der Waals surface area contributed by atoms with E-state index in [0.717, 1.165) is 39.8 Å². The molecule has 1 aromatic heterocycles. The quantitative estimate of drug-likeness (QED) is 0.595. The number of rotatable bonds is 6. The lowest BCUT2D eigenvalue weighted by Crippen LogP contribution is -2.16. The van der Waals surface area contributed by atoms with Crippen LogP contribution in [-0.4, -0.2) is 21.6 Å². The third-order valence-corrected chi connectivity index (χ3v) is 5.33. The van der Waals surface area contributed by atoms with Crippen LogP contribution in [0.5, 0.6) is 0 Å². The number of anilines is 1. The maximum atomic E-state index is 12.4. The average Bonchev–Trinajstić information content (AvgIpc) is 2.97. The van der Waals surface area contributed by atoms with Gasteiger partial charge in [-0.15, -0.1) is 0 Å². The summed E-state index contributed by atoms with van der Waals surface area (Å²) in [7, 11) is 0. The molecule has 0 saturated carbocycles. The maximum absolute atomic E-state index is 12.4. The first kappa shape index (κ1) is 19.2. The van der Waals surface area contributed by atoms with Crippen LogP contribution in [0.2, 0.25) is 0 Å². The molecule has 3 rings (SSSR count). The van der Waals surface area contributed by atoms with E-state index in [1.165, 1.54) is 22.9 Å². The van der Waals surface area contributed by atoms with E-state index in [-0.39, 0.29) is 5.91 Å². The van der Waals surface area contributed by atoms with Crippen molar-refractivity contribution < 1.29 is 4.79 Å². The highest BCUT2D eigenvalue weighted by Crippen LogP contribution is 2.23. The summed E-state index contributed by atoms with van der Waals surface area (Å²) in [4.78, 5) is 20.3. The molecule has 140 valence electrons. The summed E-state index contributed by atoms with van der Waals surface area (Å²) >= 11 is 1.43. The number of thioether (sulfide) groups is 1. The van der Waals surface area contributed by atoms with Crippen LogP contribution >= 0.6 is 11.8 Å². The van der Waals surface area contributed by atoms with Crippen molar-refractivity contribution in [2.45, 2.75) is 39.3 Å². The standard InChI is InChI=1S/C22H25N3OS/c1-14-10-15(2)21(16(3)11-14)25-20(26)13-27-22-23-17(4)19(24-22)12-18-8-6-5-7-9-18/h5-11H,12-13H2,1-4H3,(H,23,24)(H,25,26). The Morgan fingerprint density at radius 3 is 2.41 bits per heavy atom. The summed E-state index contributed by atoms with van der Waals surface area (Å²) < 4.78 is 0. The van der Waals surface area contributed by atoms with Crippen LogP contribution in [0.1, 0.15) is 33.6 Å². The maximum Gasteiger partial charge on any atom is 0.234 e. The second kappa shape index (κ2) is 8.44. The van der Waals surface area contributed by atoms with E-state index in [0.29, 0.717) is 5.75 Å². The summed E-state index contributed by atoms with van der Waals surface area (Å²) in [5.74, 6) is 0.304. The van der Waals surface area contributed by atoms with E-state index in [9.17, 15) is 4.79 Å². The predicted molar refractivity (Wildman–Crippen MR) is 113 cm³/mol. The summed E-state index contributed by atoms with van der Waals surface area (Å²) in [6, 6.07) is 14.4. The number of H-pyrrole nitrogens is 1. The smallest absolute Gasteiger partial charge is 0.234 e. The molecule has 1 heterocycles. The number of carbonyl (C=O) groups is 1. The number of aryl methyl sites for hydroxylation is 4. The van der Waals surface area contributed by atoms with E-state index >= 15 is 0 Å². The number of hydrogen-bond acceptors (Lipinski definition) is 3. The van der Waals surface area contributed by atoms with Crippen molar-refractivity contribution in [2.75, 3.05) is 11.1 Å². The highest BCUT2D eigenvalue weighted by Gasteiger charge is 2.12. The van der Waals surface area contributed by atoms with Gasteiger partial charge in [0.25, 0.3) is 0 Å². The molecule has 3 aromatic rings. The SMILES string of the molecule is Cc1cc(C)c(NC(=O)CSc2nc(Cc3ccccc3)c(C)[nH]2)c(C)c1. The molecular formula is C22H25N3OS. The average molecular weight is 380 g/mol. The number of nitrogens with one attached hydrogen (secondary N) is 2. The summed E-state index contributed by atoms with van der Waals surface area (Å²) in [6.07, 6.45) is 0.789. The van der Waals surface area contributed by atoms with Crippen LogP contribution in [0, 0.1) is 27.7 Å². The Labute approximate surface area is 164 Å².